The molecule has 0 saturated carbocycles. The minimum Gasteiger partial charge on any atom is -0.256 e. The van der Waals surface area contributed by atoms with Gasteiger partial charge in [-0.25, -0.2) is 19.3 Å². The molecule has 0 radical (unpaired) electrons. The summed E-state index contributed by atoms with van der Waals surface area (Å²) in [5, 5.41) is 5.58. The zero-order chi connectivity index (χ0) is 28.8. The average Bonchev–Trinajstić information content (AvgIpc) is 3.08. The third-order valence-electron chi connectivity index (χ3n) is 7.83. The monoisotopic (exact) mass is 554 g/mol. The number of pyridine rings is 1. The zero-order valence-corrected chi connectivity index (χ0v) is 22.9. The van der Waals surface area contributed by atoms with Crippen molar-refractivity contribution in [3.05, 3.63) is 145 Å². The first-order valence-corrected chi connectivity index (χ1v) is 14.1. The SMILES string of the molecule is Fc1ccc(-c2nc(-c3ccc(-c4ccc5cccnc5c4)cc3)nc(-c3cc4ccccc4c4ccccc34)n2)cc1. The molecule has 2 heterocycles. The Morgan fingerprint density at radius 1 is 0.419 bits per heavy atom. The molecule has 0 atom stereocenters. The summed E-state index contributed by atoms with van der Waals surface area (Å²) in [5.74, 6) is 1.30. The van der Waals surface area contributed by atoms with Crippen molar-refractivity contribution < 1.29 is 4.39 Å². The second-order valence-corrected chi connectivity index (χ2v) is 10.5. The first-order chi connectivity index (χ1) is 21.2. The van der Waals surface area contributed by atoms with E-state index in [1.807, 2.05) is 36.5 Å². The van der Waals surface area contributed by atoms with E-state index in [1.165, 1.54) is 17.5 Å². The molecule has 202 valence electrons. The minimum atomic E-state index is -0.307. The lowest BCUT2D eigenvalue weighted by atomic mass is 9.97. The number of benzene rings is 6. The van der Waals surface area contributed by atoms with E-state index in [0.29, 0.717) is 17.5 Å². The molecule has 0 saturated heterocycles. The van der Waals surface area contributed by atoms with Gasteiger partial charge in [0, 0.05) is 28.3 Å². The number of aromatic nitrogens is 4. The van der Waals surface area contributed by atoms with E-state index >= 15 is 0 Å². The average molecular weight is 555 g/mol. The summed E-state index contributed by atoms with van der Waals surface area (Å²) in [6.45, 7) is 0. The predicted octanol–water partition coefficient (Wildman–Crippen LogP) is 9.53. The van der Waals surface area contributed by atoms with Crippen molar-refractivity contribution in [3.8, 4) is 45.3 Å². The highest BCUT2D eigenvalue weighted by atomic mass is 19.1. The lowest BCUT2D eigenvalue weighted by Gasteiger charge is -2.12. The Hall–Kier alpha value is -5.81. The lowest BCUT2D eigenvalue weighted by Crippen LogP contribution is -2.01. The van der Waals surface area contributed by atoms with Crippen molar-refractivity contribution in [2.75, 3.05) is 0 Å². The molecule has 0 spiro atoms. The summed E-state index contributed by atoms with van der Waals surface area (Å²) in [7, 11) is 0. The third kappa shape index (κ3) is 4.57. The van der Waals surface area contributed by atoms with Crippen LogP contribution in [0.15, 0.2) is 140 Å². The van der Waals surface area contributed by atoms with Crippen molar-refractivity contribution in [2.45, 2.75) is 0 Å². The van der Waals surface area contributed by atoms with Gasteiger partial charge in [0.05, 0.1) is 5.52 Å². The highest BCUT2D eigenvalue weighted by Gasteiger charge is 2.16. The van der Waals surface area contributed by atoms with Crippen LogP contribution in [0.2, 0.25) is 0 Å². The Kier molecular flexibility index (Phi) is 5.93. The van der Waals surface area contributed by atoms with Gasteiger partial charge in [0.25, 0.3) is 0 Å². The lowest BCUT2D eigenvalue weighted by molar-refractivity contribution is 0.628. The van der Waals surface area contributed by atoms with Crippen molar-refractivity contribution in [3.63, 3.8) is 0 Å². The first kappa shape index (κ1) is 24.9. The van der Waals surface area contributed by atoms with E-state index < -0.39 is 0 Å². The quantitative estimate of drug-likeness (QED) is 0.203. The van der Waals surface area contributed by atoms with Gasteiger partial charge in [-0.15, -0.1) is 0 Å². The topological polar surface area (TPSA) is 51.6 Å². The van der Waals surface area contributed by atoms with Gasteiger partial charge in [-0.05, 0) is 75.1 Å². The van der Waals surface area contributed by atoms with Gasteiger partial charge in [-0.1, -0.05) is 91.0 Å². The molecule has 0 amide bonds. The molecule has 0 unspecified atom stereocenters. The number of nitrogens with zero attached hydrogens (tertiary/aromatic N) is 4. The van der Waals surface area contributed by atoms with Crippen LogP contribution in [0.25, 0.3) is 77.7 Å². The van der Waals surface area contributed by atoms with Crippen LogP contribution >= 0.6 is 0 Å². The fourth-order valence-corrected chi connectivity index (χ4v) is 5.65. The number of hydrogen-bond acceptors (Lipinski definition) is 4. The maximum absolute atomic E-state index is 13.8. The molecular weight excluding hydrogens is 531 g/mol. The van der Waals surface area contributed by atoms with E-state index in [0.717, 1.165) is 54.9 Å². The van der Waals surface area contributed by atoms with Gasteiger partial charge >= 0.3 is 0 Å². The van der Waals surface area contributed by atoms with Gasteiger partial charge in [-0.3, -0.25) is 4.98 Å². The van der Waals surface area contributed by atoms with Crippen LogP contribution in [0.3, 0.4) is 0 Å². The van der Waals surface area contributed by atoms with Crippen LogP contribution in [0, 0.1) is 5.82 Å². The van der Waals surface area contributed by atoms with Crippen LogP contribution in [-0.2, 0) is 0 Å². The van der Waals surface area contributed by atoms with Crippen LogP contribution < -0.4 is 0 Å². The fourth-order valence-electron chi connectivity index (χ4n) is 5.65. The highest BCUT2D eigenvalue weighted by molar-refractivity contribution is 6.13. The highest BCUT2D eigenvalue weighted by Crippen LogP contribution is 2.35. The van der Waals surface area contributed by atoms with E-state index in [4.69, 9.17) is 15.0 Å². The molecular formula is C38H23FN4. The molecule has 8 rings (SSSR count). The molecule has 0 bridgehead atoms. The van der Waals surface area contributed by atoms with Gasteiger partial charge in [0.1, 0.15) is 5.82 Å². The number of hydrogen-bond donors (Lipinski definition) is 0. The number of halogens is 1. The van der Waals surface area contributed by atoms with Crippen LogP contribution in [0.4, 0.5) is 4.39 Å². The standard InChI is InChI=1S/C38H23FN4/c39-30-19-17-27(18-20-30)37-41-36(26-14-11-24(12-15-26)28-16-13-25-7-5-21-40-35(25)23-28)42-38(43-37)34-22-29-6-1-2-8-31(29)32-9-3-4-10-33(32)34/h1-23H. The Bertz CT molecular complexity index is 2290. The van der Waals surface area contributed by atoms with Crippen molar-refractivity contribution in [1.29, 1.82) is 0 Å². The normalized spacial score (nSPS) is 11.4. The zero-order valence-electron chi connectivity index (χ0n) is 22.9. The second kappa shape index (κ2) is 10.2. The molecule has 0 N–H and O–H groups in total. The van der Waals surface area contributed by atoms with E-state index in [9.17, 15) is 4.39 Å². The molecule has 0 aliphatic rings. The Labute approximate surface area is 247 Å². The maximum atomic E-state index is 13.8. The Morgan fingerprint density at radius 2 is 1.00 bits per heavy atom. The number of fused-ring (bicyclic) bond motifs is 4. The van der Waals surface area contributed by atoms with E-state index in [1.54, 1.807) is 12.1 Å². The summed E-state index contributed by atoms with van der Waals surface area (Å²) in [6.07, 6.45) is 1.81. The van der Waals surface area contributed by atoms with Gasteiger partial charge in [-0.2, -0.15) is 0 Å². The number of rotatable bonds is 4. The largest absolute Gasteiger partial charge is 0.256 e. The summed E-state index contributed by atoms with van der Waals surface area (Å²) in [6, 6.07) is 43.6. The summed E-state index contributed by atoms with van der Waals surface area (Å²) in [4.78, 5) is 19.3. The van der Waals surface area contributed by atoms with E-state index in [-0.39, 0.29) is 5.82 Å². The van der Waals surface area contributed by atoms with Crippen molar-refractivity contribution in [1.82, 2.24) is 19.9 Å². The first-order valence-electron chi connectivity index (χ1n) is 14.1. The van der Waals surface area contributed by atoms with Gasteiger partial charge in [0.2, 0.25) is 0 Å². The van der Waals surface area contributed by atoms with Crippen LogP contribution in [0.1, 0.15) is 0 Å². The predicted molar refractivity (Wildman–Crippen MR) is 172 cm³/mol. The molecule has 0 fully saturated rings. The van der Waals surface area contributed by atoms with Crippen molar-refractivity contribution >= 4 is 32.4 Å². The molecule has 2 aromatic heterocycles. The molecule has 8 aromatic rings. The van der Waals surface area contributed by atoms with Gasteiger partial charge in [0.15, 0.2) is 17.5 Å². The molecule has 6 aromatic carbocycles. The molecule has 4 nitrogen and oxygen atoms in total. The maximum Gasteiger partial charge on any atom is 0.164 e. The fraction of sp³-hybridized carbons (Fsp3) is 0. The van der Waals surface area contributed by atoms with Crippen LogP contribution in [0.5, 0.6) is 0 Å². The van der Waals surface area contributed by atoms with Crippen LogP contribution in [-0.4, -0.2) is 19.9 Å². The smallest absolute Gasteiger partial charge is 0.164 e. The summed E-state index contributed by atoms with van der Waals surface area (Å²) < 4.78 is 13.8. The Balaban J connectivity index is 1.29. The van der Waals surface area contributed by atoms with Crippen molar-refractivity contribution in [2.24, 2.45) is 0 Å². The summed E-state index contributed by atoms with van der Waals surface area (Å²) >= 11 is 0. The summed E-state index contributed by atoms with van der Waals surface area (Å²) in [5.41, 5.74) is 5.62. The molecule has 0 aliphatic heterocycles. The minimum absolute atomic E-state index is 0.307. The Morgan fingerprint density at radius 3 is 1.77 bits per heavy atom. The molecule has 43 heavy (non-hydrogen) atoms. The molecule has 5 heteroatoms. The van der Waals surface area contributed by atoms with Gasteiger partial charge < -0.3 is 0 Å². The molecule has 0 aliphatic carbocycles. The third-order valence-corrected chi connectivity index (χ3v) is 7.83. The second-order valence-electron chi connectivity index (χ2n) is 10.5. The van der Waals surface area contributed by atoms with E-state index in [2.05, 4.69) is 83.8 Å².